The molecular formula is C25H26N2O3. The first kappa shape index (κ1) is 19.8. The molecule has 154 valence electrons. The molecule has 0 saturated carbocycles. The van der Waals surface area contributed by atoms with Crippen molar-refractivity contribution in [1.82, 2.24) is 0 Å². The molecule has 3 aromatic carbocycles. The maximum absolute atomic E-state index is 12.1. The van der Waals surface area contributed by atoms with E-state index in [-0.39, 0.29) is 11.9 Å². The fourth-order valence-corrected chi connectivity index (χ4v) is 3.91. The molecule has 0 bridgehead atoms. The maximum Gasteiger partial charge on any atom is 0.337 e. The average molecular weight is 402 g/mol. The Hall–Kier alpha value is -3.47. The summed E-state index contributed by atoms with van der Waals surface area (Å²) in [6.07, 6.45) is 0. The molecule has 1 aliphatic rings. The molecule has 0 aromatic heterocycles. The Kier molecular flexibility index (Phi) is 5.36. The summed E-state index contributed by atoms with van der Waals surface area (Å²) in [4.78, 5) is 14.2. The van der Waals surface area contributed by atoms with Crippen LogP contribution in [0.15, 0.2) is 60.7 Å². The lowest BCUT2D eigenvalue weighted by Crippen LogP contribution is -2.15. The number of nitrogens with zero attached hydrogens (tertiary/aromatic N) is 1. The predicted octanol–water partition coefficient (Wildman–Crippen LogP) is 5.26. The van der Waals surface area contributed by atoms with Crippen molar-refractivity contribution in [2.45, 2.75) is 12.8 Å². The van der Waals surface area contributed by atoms with Crippen LogP contribution in [-0.4, -0.2) is 33.7 Å². The van der Waals surface area contributed by atoms with Crippen molar-refractivity contribution in [3.05, 3.63) is 82.9 Å². The van der Waals surface area contributed by atoms with Crippen LogP contribution < -0.4 is 15.0 Å². The van der Waals surface area contributed by atoms with Crippen molar-refractivity contribution < 1.29 is 14.3 Å². The Morgan fingerprint density at radius 3 is 2.47 bits per heavy atom. The number of fused-ring (bicyclic) bond motifs is 2. The monoisotopic (exact) mass is 402 g/mol. The highest BCUT2D eigenvalue weighted by Gasteiger charge is 2.30. The SMILES string of the molecule is CCNc1ccc2c(c1)Oc1cc(N(C)C)ccc1C2c1cccc(C(=O)OC)c1. The summed E-state index contributed by atoms with van der Waals surface area (Å²) < 4.78 is 11.3. The van der Waals surface area contributed by atoms with Gasteiger partial charge in [-0.05, 0) is 36.8 Å². The quantitative estimate of drug-likeness (QED) is 0.462. The van der Waals surface area contributed by atoms with Crippen molar-refractivity contribution in [3.8, 4) is 11.5 Å². The maximum atomic E-state index is 12.1. The first-order chi connectivity index (χ1) is 14.5. The van der Waals surface area contributed by atoms with E-state index in [1.54, 1.807) is 6.07 Å². The lowest BCUT2D eigenvalue weighted by Gasteiger charge is -2.30. The summed E-state index contributed by atoms with van der Waals surface area (Å²) in [5.74, 6) is 1.27. The summed E-state index contributed by atoms with van der Waals surface area (Å²) in [7, 11) is 5.43. The number of carbonyl (C=O) groups is 1. The molecule has 1 N–H and O–H groups in total. The van der Waals surface area contributed by atoms with Gasteiger partial charge in [-0.15, -0.1) is 0 Å². The van der Waals surface area contributed by atoms with Gasteiger partial charge >= 0.3 is 5.97 Å². The van der Waals surface area contributed by atoms with E-state index in [2.05, 4.69) is 47.5 Å². The second-order valence-electron chi connectivity index (χ2n) is 7.55. The Morgan fingerprint density at radius 2 is 1.77 bits per heavy atom. The molecule has 5 nitrogen and oxygen atoms in total. The fourth-order valence-electron chi connectivity index (χ4n) is 3.91. The Bertz CT molecular complexity index is 1090. The van der Waals surface area contributed by atoms with Gasteiger partial charge in [0.05, 0.1) is 12.7 Å². The van der Waals surface area contributed by atoms with Crippen molar-refractivity contribution in [1.29, 1.82) is 0 Å². The number of hydrogen-bond acceptors (Lipinski definition) is 5. The van der Waals surface area contributed by atoms with Crippen LogP contribution in [0.2, 0.25) is 0 Å². The van der Waals surface area contributed by atoms with Crippen LogP contribution in [-0.2, 0) is 4.74 Å². The molecular weight excluding hydrogens is 376 g/mol. The fraction of sp³-hybridized carbons (Fsp3) is 0.240. The summed E-state index contributed by atoms with van der Waals surface area (Å²) >= 11 is 0. The number of carbonyl (C=O) groups excluding carboxylic acids is 1. The Labute approximate surface area is 177 Å². The molecule has 30 heavy (non-hydrogen) atoms. The molecule has 1 heterocycles. The standard InChI is InChI=1S/C25H26N2O3/c1-5-26-18-9-11-20-22(14-18)30-23-15-19(27(2)3)10-12-21(23)24(20)16-7-6-8-17(13-16)25(28)29-4/h6-15,24,26H,5H2,1-4H3. The number of nitrogens with one attached hydrogen (secondary N) is 1. The molecule has 3 aromatic rings. The third kappa shape index (κ3) is 3.59. The molecule has 0 saturated heterocycles. The van der Waals surface area contributed by atoms with Crippen LogP contribution in [0.3, 0.4) is 0 Å². The second kappa shape index (κ2) is 8.11. The van der Waals surface area contributed by atoms with E-state index in [1.807, 2.05) is 38.4 Å². The molecule has 4 rings (SSSR count). The minimum Gasteiger partial charge on any atom is -0.465 e. The first-order valence-electron chi connectivity index (χ1n) is 10.1. The zero-order valence-corrected chi connectivity index (χ0v) is 17.7. The number of hydrogen-bond donors (Lipinski definition) is 1. The third-order valence-electron chi connectivity index (χ3n) is 5.39. The minimum atomic E-state index is -0.338. The van der Waals surface area contributed by atoms with Gasteiger partial charge < -0.3 is 19.7 Å². The first-order valence-corrected chi connectivity index (χ1v) is 10.1. The van der Waals surface area contributed by atoms with Crippen molar-refractivity contribution in [2.75, 3.05) is 38.0 Å². The van der Waals surface area contributed by atoms with Gasteiger partial charge in [-0.2, -0.15) is 0 Å². The molecule has 0 spiro atoms. The zero-order chi connectivity index (χ0) is 21.3. The van der Waals surface area contributed by atoms with Crippen LogP contribution in [0.25, 0.3) is 0 Å². The van der Waals surface area contributed by atoms with E-state index in [0.29, 0.717) is 5.56 Å². The Balaban J connectivity index is 1.88. The van der Waals surface area contributed by atoms with E-state index in [1.165, 1.54) is 7.11 Å². The van der Waals surface area contributed by atoms with Gasteiger partial charge in [0.1, 0.15) is 11.5 Å². The van der Waals surface area contributed by atoms with Crippen molar-refractivity contribution in [2.24, 2.45) is 0 Å². The van der Waals surface area contributed by atoms with Crippen molar-refractivity contribution >= 4 is 17.3 Å². The normalized spacial score (nSPS) is 14.2. The highest BCUT2D eigenvalue weighted by atomic mass is 16.5. The van der Waals surface area contributed by atoms with Crippen LogP contribution in [0.1, 0.15) is 39.9 Å². The highest BCUT2D eigenvalue weighted by Crippen LogP contribution is 2.49. The zero-order valence-electron chi connectivity index (χ0n) is 17.7. The second-order valence-corrected chi connectivity index (χ2v) is 7.55. The number of ether oxygens (including phenoxy) is 2. The van der Waals surface area contributed by atoms with Gasteiger partial charge in [-0.1, -0.05) is 24.3 Å². The summed E-state index contributed by atoms with van der Waals surface area (Å²) in [6, 6.07) is 20.1. The number of esters is 1. The van der Waals surface area contributed by atoms with Gasteiger partial charge in [0.15, 0.2) is 0 Å². The van der Waals surface area contributed by atoms with Crippen LogP contribution in [0.4, 0.5) is 11.4 Å². The number of benzene rings is 3. The number of methoxy groups -OCH3 is 1. The molecule has 1 aliphatic heterocycles. The number of anilines is 2. The average Bonchev–Trinajstić information content (AvgIpc) is 2.76. The highest BCUT2D eigenvalue weighted by molar-refractivity contribution is 5.89. The third-order valence-corrected chi connectivity index (χ3v) is 5.39. The minimum absolute atomic E-state index is 0.0414. The molecule has 0 aliphatic carbocycles. The summed E-state index contributed by atoms with van der Waals surface area (Å²) in [5.41, 5.74) is 5.80. The van der Waals surface area contributed by atoms with E-state index in [9.17, 15) is 4.79 Å². The smallest absolute Gasteiger partial charge is 0.337 e. The topological polar surface area (TPSA) is 50.8 Å². The molecule has 0 radical (unpaired) electrons. The predicted molar refractivity (Wildman–Crippen MR) is 120 cm³/mol. The van der Waals surface area contributed by atoms with Crippen LogP contribution >= 0.6 is 0 Å². The van der Waals surface area contributed by atoms with E-state index >= 15 is 0 Å². The van der Waals surface area contributed by atoms with E-state index in [0.717, 1.165) is 46.1 Å². The van der Waals surface area contributed by atoms with Gasteiger partial charge in [-0.25, -0.2) is 4.79 Å². The lowest BCUT2D eigenvalue weighted by atomic mass is 9.82. The van der Waals surface area contributed by atoms with Gasteiger partial charge in [0, 0.05) is 61.2 Å². The molecule has 1 unspecified atom stereocenters. The van der Waals surface area contributed by atoms with Crippen LogP contribution in [0.5, 0.6) is 11.5 Å². The largest absolute Gasteiger partial charge is 0.465 e. The van der Waals surface area contributed by atoms with Crippen molar-refractivity contribution in [3.63, 3.8) is 0 Å². The van der Waals surface area contributed by atoms with E-state index in [4.69, 9.17) is 9.47 Å². The summed E-state index contributed by atoms with van der Waals surface area (Å²) in [6.45, 7) is 2.91. The Morgan fingerprint density at radius 1 is 1.03 bits per heavy atom. The summed E-state index contributed by atoms with van der Waals surface area (Å²) in [5, 5.41) is 3.35. The van der Waals surface area contributed by atoms with E-state index < -0.39 is 0 Å². The van der Waals surface area contributed by atoms with Crippen LogP contribution in [0, 0.1) is 0 Å². The van der Waals surface area contributed by atoms with Gasteiger partial charge in [0.25, 0.3) is 0 Å². The molecule has 0 fully saturated rings. The lowest BCUT2D eigenvalue weighted by molar-refractivity contribution is 0.0600. The molecule has 1 atom stereocenters. The van der Waals surface area contributed by atoms with Gasteiger partial charge in [-0.3, -0.25) is 0 Å². The molecule has 0 amide bonds. The number of rotatable bonds is 5. The van der Waals surface area contributed by atoms with Gasteiger partial charge in [0.2, 0.25) is 0 Å². The molecule has 5 heteroatoms.